The average Bonchev–Trinajstić information content (AvgIpc) is 3.15. The van der Waals surface area contributed by atoms with E-state index in [0.717, 1.165) is 5.56 Å². The van der Waals surface area contributed by atoms with Crippen molar-refractivity contribution in [2.24, 2.45) is 4.99 Å². The van der Waals surface area contributed by atoms with E-state index in [9.17, 15) is 19.2 Å². The SMILES string of the molecule is COC(=O)c1ccc2c(c1)NC(=O)C2C(=Nc1ccc(C(=O)N2CCCN(C(=O)OC(C)(C)C)CC2)cc1)c1ccccc1. The first-order chi connectivity index (χ1) is 21.0. The van der Waals surface area contributed by atoms with Crippen molar-refractivity contribution >= 4 is 41.0 Å². The van der Waals surface area contributed by atoms with E-state index in [4.69, 9.17) is 14.5 Å². The summed E-state index contributed by atoms with van der Waals surface area (Å²) in [4.78, 5) is 59.5. The fourth-order valence-corrected chi connectivity index (χ4v) is 5.31. The highest BCUT2D eigenvalue weighted by Gasteiger charge is 2.36. The lowest BCUT2D eigenvalue weighted by Crippen LogP contribution is -2.40. The van der Waals surface area contributed by atoms with Gasteiger partial charge in [-0.25, -0.2) is 9.59 Å². The first-order valence-corrected chi connectivity index (χ1v) is 14.6. The second-order valence-corrected chi connectivity index (χ2v) is 11.7. The number of aliphatic imine (C=N–C) groups is 1. The topological polar surface area (TPSA) is 118 Å². The van der Waals surface area contributed by atoms with Crippen LogP contribution in [0.15, 0.2) is 77.8 Å². The standard InChI is InChI=1S/C34H36N4O6/c1-34(2,3)44-33(42)38-18-8-17-37(19-20-38)31(40)23-11-14-25(15-12-23)35-29(22-9-6-5-7-10-22)28-26-16-13-24(32(41)43-4)21-27(26)36-30(28)39/h5-7,9-16,21,28H,8,17-20H2,1-4H3,(H,36,39). The zero-order chi connectivity index (χ0) is 31.4. The van der Waals surface area contributed by atoms with Crippen molar-refractivity contribution in [3.05, 3.63) is 95.1 Å². The molecule has 2 aliphatic rings. The van der Waals surface area contributed by atoms with E-state index in [-0.39, 0.29) is 17.9 Å². The fraction of sp³-hybridized carbons (Fsp3) is 0.324. The zero-order valence-corrected chi connectivity index (χ0v) is 25.3. The van der Waals surface area contributed by atoms with Crippen LogP contribution in [0.5, 0.6) is 0 Å². The second-order valence-electron chi connectivity index (χ2n) is 11.7. The van der Waals surface area contributed by atoms with Crippen LogP contribution in [-0.2, 0) is 14.3 Å². The minimum absolute atomic E-state index is 0.125. The molecule has 44 heavy (non-hydrogen) atoms. The number of esters is 1. The molecule has 1 N–H and O–H groups in total. The highest BCUT2D eigenvalue weighted by atomic mass is 16.6. The summed E-state index contributed by atoms with van der Waals surface area (Å²) in [6.07, 6.45) is 0.283. The van der Waals surface area contributed by atoms with E-state index in [1.807, 2.05) is 51.1 Å². The van der Waals surface area contributed by atoms with Crippen molar-refractivity contribution in [3.63, 3.8) is 0 Å². The zero-order valence-electron chi connectivity index (χ0n) is 25.3. The summed E-state index contributed by atoms with van der Waals surface area (Å²) in [5, 5.41) is 2.88. The van der Waals surface area contributed by atoms with Crippen LogP contribution in [0.4, 0.5) is 16.2 Å². The van der Waals surface area contributed by atoms with Gasteiger partial charge < -0.3 is 24.6 Å². The molecule has 0 spiro atoms. The number of nitrogens with zero attached hydrogens (tertiary/aromatic N) is 3. The molecule has 1 unspecified atom stereocenters. The number of rotatable bonds is 5. The van der Waals surface area contributed by atoms with Crippen LogP contribution in [0, 0.1) is 0 Å². The number of ether oxygens (including phenoxy) is 2. The van der Waals surface area contributed by atoms with E-state index in [1.54, 1.807) is 52.3 Å². The molecule has 10 heteroatoms. The summed E-state index contributed by atoms with van der Waals surface area (Å²) in [7, 11) is 1.31. The van der Waals surface area contributed by atoms with Gasteiger partial charge in [-0.2, -0.15) is 0 Å². The fourth-order valence-electron chi connectivity index (χ4n) is 5.31. The largest absolute Gasteiger partial charge is 0.465 e. The van der Waals surface area contributed by atoms with Gasteiger partial charge in [0.1, 0.15) is 11.5 Å². The van der Waals surface area contributed by atoms with Crippen LogP contribution < -0.4 is 5.32 Å². The molecule has 0 aromatic heterocycles. The number of nitrogens with one attached hydrogen (secondary N) is 1. The second kappa shape index (κ2) is 12.7. The van der Waals surface area contributed by atoms with Crippen LogP contribution in [-0.4, -0.2) is 78.3 Å². The van der Waals surface area contributed by atoms with Gasteiger partial charge in [-0.05, 0) is 74.7 Å². The smallest absolute Gasteiger partial charge is 0.410 e. The van der Waals surface area contributed by atoms with Gasteiger partial charge in [0.15, 0.2) is 0 Å². The lowest BCUT2D eigenvalue weighted by Gasteiger charge is -2.26. The van der Waals surface area contributed by atoms with Gasteiger partial charge in [0, 0.05) is 37.4 Å². The quantitative estimate of drug-likeness (QED) is 0.311. The monoisotopic (exact) mass is 596 g/mol. The number of amides is 3. The maximum absolute atomic E-state index is 13.4. The Hall–Kier alpha value is -4.99. The summed E-state index contributed by atoms with van der Waals surface area (Å²) in [5.41, 5.74) is 3.41. The van der Waals surface area contributed by atoms with E-state index in [2.05, 4.69) is 5.32 Å². The molecule has 1 saturated heterocycles. The summed E-state index contributed by atoms with van der Waals surface area (Å²) >= 11 is 0. The van der Waals surface area contributed by atoms with Crippen LogP contribution in [0.25, 0.3) is 0 Å². The first kappa shape index (κ1) is 30.5. The van der Waals surface area contributed by atoms with Gasteiger partial charge in [0.05, 0.1) is 24.1 Å². The minimum atomic E-state index is -0.703. The lowest BCUT2D eigenvalue weighted by molar-refractivity contribution is -0.115. The van der Waals surface area contributed by atoms with Crippen molar-refractivity contribution in [2.45, 2.75) is 38.7 Å². The molecule has 0 radical (unpaired) electrons. The third-order valence-corrected chi connectivity index (χ3v) is 7.45. The number of carbonyl (C=O) groups is 4. The van der Waals surface area contributed by atoms with E-state index in [0.29, 0.717) is 66.4 Å². The number of methoxy groups -OCH3 is 1. The number of carbonyl (C=O) groups excluding carboxylic acids is 4. The molecular formula is C34H36N4O6. The molecule has 2 heterocycles. The summed E-state index contributed by atoms with van der Waals surface area (Å²) in [6.45, 7) is 7.36. The number of anilines is 1. The molecule has 10 nitrogen and oxygen atoms in total. The molecular weight excluding hydrogens is 560 g/mol. The predicted octanol–water partition coefficient (Wildman–Crippen LogP) is 5.41. The van der Waals surface area contributed by atoms with Crippen molar-refractivity contribution in [2.75, 3.05) is 38.6 Å². The molecule has 0 bridgehead atoms. The Labute approximate surface area is 256 Å². The van der Waals surface area contributed by atoms with Gasteiger partial charge >= 0.3 is 12.1 Å². The minimum Gasteiger partial charge on any atom is -0.465 e. The van der Waals surface area contributed by atoms with E-state index >= 15 is 0 Å². The van der Waals surface area contributed by atoms with Gasteiger partial charge in [-0.3, -0.25) is 14.6 Å². The first-order valence-electron chi connectivity index (χ1n) is 14.6. The average molecular weight is 597 g/mol. The van der Waals surface area contributed by atoms with Crippen molar-refractivity contribution < 1.29 is 28.7 Å². The van der Waals surface area contributed by atoms with Crippen LogP contribution in [0.3, 0.4) is 0 Å². The molecule has 1 fully saturated rings. The van der Waals surface area contributed by atoms with Crippen LogP contribution in [0.1, 0.15) is 65.0 Å². The summed E-state index contributed by atoms with van der Waals surface area (Å²) < 4.78 is 10.3. The molecule has 3 aromatic carbocycles. The Morgan fingerprint density at radius 3 is 2.18 bits per heavy atom. The van der Waals surface area contributed by atoms with Crippen LogP contribution >= 0.6 is 0 Å². The van der Waals surface area contributed by atoms with Crippen LogP contribution in [0.2, 0.25) is 0 Å². The maximum Gasteiger partial charge on any atom is 0.410 e. The Morgan fingerprint density at radius 1 is 0.841 bits per heavy atom. The molecule has 5 rings (SSSR count). The normalized spacial score (nSPS) is 17.0. The Kier molecular flexibility index (Phi) is 8.80. The highest BCUT2D eigenvalue weighted by molar-refractivity contribution is 6.24. The van der Waals surface area contributed by atoms with Gasteiger partial charge in [-0.1, -0.05) is 36.4 Å². The van der Waals surface area contributed by atoms with Gasteiger partial charge in [0.2, 0.25) is 5.91 Å². The number of fused-ring (bicyclic) bond motifs is 1. The molecule has 0 aliphatic carbocycles. The summed E-state index contributed by atoms with van der Waals surface area (Å²) in [5.74, 6) is -1.57. The molecule has 0 saturated carbocycles. The van der Waals surface area contributed by atoms with Gasteiger partial charge in [-0.15, -0.1) is 0 Å². The van der Waals surface area contributed by atoms with E-state index < -0.39 is 17.5 Å². The Balaban J connectivity index is 1.37. The molecule has 1 atom stereocenters. The van der Waals surface area contributed by atoms with Crippen molar-refractivity contribution in [3.8, 4) is 0 Å². The van der Waals surface area contributed by atoms with Crippen molar-refractivity contribution in [1.29, 1.82) is 0 Å². The number of hydrogen-bond acceptors (Lipinski definition) is 7. The number of benzene rings is 3. The lowest BCUT2D eigenvalue weighted by atomic mass is 9.90. The number of hydrogen-bond donors (Lipinski definition) is 1. The molecule has 228 valence electrons. The Morgan fingerprint density at radius 2 is 1.50 bits per heavy atom. The van der Waals surface area contributed by atoms with E-state index in [1.165, 1.54) is 7.11 Å². The molecule has 3 amide bonds. The van der Waals surface area contributed by atoms with Gasteiger partial charge in [0.25, 0.3) is 5.91 Å². The molecule has 3 aromatic rings. The Bertz CT molecular complexity index is 1590. The van der Waals surface area contributed by atoms with Crippen molar-refractivity contribution in [1.82, 2.24) is 9.80 Å². The third-order valence-electron chi connectivity index (χ3n) is 7.45. The summed E-state index contributed by atoms with van der Waals surface area (Å²) in [6, 6.07) is 21.4. The third kappa shape index (κ3) is 6.80. The highest BCUT2D eigenvalue weighted by Crippen LogP contribution is 2.37. The molecule has 2 aliphatic heterocycles. The maximum atomic E-state index is 13.4. The predicted molar refractivity (Wildman–Crippen MR) is 167 cm³/mol.